The number of benzene rings is 2. The Balaban J connectivity index is 1.89. The molecule has 0 unspecified atom stereocenters. The Labute approximate surface area is 184 Å². The summed E-state index contributed by atoms with van der Waals surface area (Å²) in [7, 11) is 4.98. The first-order valence-corrected chi connectivity index (χ1v) is 10.1. The number of hydrogen-bond acceptors (Lipinski definition) is 5. The maximum absolute atomic E-state index is 12.7. The minimum atomic E-state index is -0.540. The number of alkyl carbamates (subject to hydrolysis) is 1. The summed E-state index contributed by atoms with van der Waals surface area (Å²) in [6.07, 6.45) is 0.225. The number of carbonyl (C=O) groups is 2. The molecule has 0 heterocycles. The standard InChI is InChI=1S/C24H32N2O5/c1-24(2,3)31-23(28)25-16-18-7-10-19(11-8-18)22(27)26(4)14-13-17-9-12-20(29-5)21(15-17)30-6/h7-12,15H,13-14,16H2,1-6H3,(H,25,28). The van der Waals surface area contributed by atoms with Gasteiger partial charge in [-0.3, -0.25) is 4.79 Å². The van der Waals surface area contributed by atoms with Gasteiger partial charge >= 0.3 is 6.09 Å². The predicted octanol–water partition coefficient (Wildman–Crippen LogP) is 4.04. The van der Waals surface area contributed by atoms with Crippen LogP contribution in [0, 0.1) is 0 Å². The molecule has 2 amide bonds. The highest BCUT2D eigenvalue weighted by Crippen LogP contribution is 2.27. The van der Waals surface area contributed by atoms with Crippen molar-refractivity contribution >= 4 is 12.0 Å². The van der Waals surface area contributed by atoms with Crippen LogP contribution in [0.3, 0.4) is 0 Å². The van der Waals surface area contributed by atoms with Gasteiger partial charge in [0.05, 0.1) is 14.2 Å². The lowest BCUT2D eigenvalue weighted by Gasteiger charge is -2.20. The van der Waals surface area contributed by atoms with Crippen LogP contribution in [0.4, 0.5) is 4.79 Å². The number of rotatable bonds is 8. The topological polar surface area (TPSA) is 77.1 Å². The summed E-state index contributed by atoms with van der Waals surface area (Å²) in [5, 5.41) is 2.71. The minimum Gasteiger partial charge on any atom is -0.493 e. The van der Waals surface area contributed by atoms with Crippen LogP contribution in [0.1, 0.15) is 42.3 Å². The molecule has 2 rings (SSSR count). The second-order valence-electron chi connectivity index (χ2n) is 8.22. The number of likely N-dealkylation sites (N-methyl/N-ethyl adjacent to an activating group) is 1. The Hall–Kier alpha value is -3.22. The maximum Gasteiger partial charge on any atom is 0.407 e. The highest BCUT2D eigenvalue weighted by atomic mass is 16.6. The van der Waals surface area contributed by atoms with Crippen molar-refractivity contribution in [3.05, 3.63) is 59.2 Å². The summed E-state index contributed by atoms with van der Waals surface area (Å²) in [5.74, 6) is 1.29. The van der Waals surface area contributed by atoms with Gasteiger partial charge in [-0.25, -0.2) is 4.79 Å². The fraction of sp³-hybridized carbons (Fsp3) is 0.417. The van der Waals surface area contributed by atoms with Crippen molar-refractivity contribution in [1.29, 1.82) is 0 Å². The van der Waals surface area contributed by atoms with E-state index in [0.29, 0.717) is 36.6 Å². The van der Waals surface area contributed by atoms with Crippen molar-refractivity contribution in [3.63, 3.8) is 0 Å². The van der Waals surface area contributed by atoms with Crippen molar-refractivity contribution in [3.8, 4) is 11.5 Å². The minimum absolute atomic E-state index is 0.0628. The molecule has 0 aromatic heterocycles. The van der Waals surface area contributed by atoms with Gasteiger partial charge < -0.3 is 24.4 Å². The average Bonchev–Trinajstić information content (AvgIpc) is 2.74. The summed E-state index contributed by atoms with van der Waals surface area (Å²) in [5.41, 5.74) is 1.99. The Morgan fingerprint density at radius 1 is 0.935 bits per heavy atom. The zero-order chi connectivity index (χ0) is 23.0. The van der Waals surface area contributed by atoms with E-state index in [1.54, 1.807) is 38.3 Å². The summed E-state index contributed by atoms with van der Waals surface area (Å²) in [6, 6.07) is 12.9. The van der Waals surface area contributed by atoms with Gasteiger partial charge in [0.1, 0.15) is 5.60 Å². The van der Waals surface area contributed by atoms with Crippen LogP contribution in [0.15, 0.2) is 42.5 Å². The zero-order valence-electron chi connectivity index (χ0n) is 19.2. The zero-order valence-corrected chi connectivity index (χ0v) is 19.2. The first-order valence-electron chi connectivity index (χ1n) is 10.1. The maximum atomic E-state index is 12.7. The number of nitrogens with one attached hydrogen (secondary N) is 1. The van der Waals surface area contributed by atoms with Gasteiger partial charge in [-0.1, -0.05) is 18.2 Å². The first-order chi connectivity index (χ1) is 14.6. The molecule has 0 bridgehead atoms. The van der Waals surface area contributed by atoms with E-state index in [9.17, 15) is 9.59 Å². The molecule has 2 aromatic rings. The number of carbonyl (C=O) groups excluding carboxylic acids is 2. The molecule has 0 aliphatic heterocycles. The van der Waals surface area contributed by atoms with Crippen LogP contribution in [0.5, 0.6) is 11.5 Å². The Morgan fingerprint density at radius 3 is 2.13 bits per heavy atom. The Kier molecular flexibility index (Phi) is 8.30. The lowest BCUT2D eigenvalue weighted by Crippen LogP contribution is -2.32. The molecule has 31 heavy (non-hydrogen) atoms. The van der Waals surface area contributed by atoms with Gasteiger partial charge in [-0.05, 0) is 62.6 Å². The van der Waals surface area contributed by atoms with E-state index < -0.39 is 11.7 Å². The van der Waals surface area contributed by atoms with E-state index in [-0.39, 0.29) is 5.91 Å². The molecule has 0 atom stereocenters. The van der Waals surface area contributed by atoms with Crippen LogP contribution in [0.25, 0.3) is 0 Å². The molecule has 0 radical (unpaired) electrons. The van der Waals surface area contributed by atoms with E-state index in [4.69, 9.17) is 14.2 Å². The number of hydrogen-bond donors (Lipinski definition) is 1. The summed E-state index contributed by atoms with van der Waals surface area (Å²) >= 11 is 0. The van der Waals surface area contributed by atoms with Gasteiger partial charge in [0.15, 0.2) is 11.5 Å². The SMILES string of the molecule is COc1ccc(CCN(C)C(=O)c2ccc(CNC(=O)OC(C)(C)C)cc2)cc1OC. The number of nitrogens with zero attached hydrogens (tertiary/aromatic N) is 1. The molecule has 7 heteroatoms. The smallest absolute Gasteiger partial charge is 0.407 e. The fourth-order valence-electron chi connectivity index (χ4n) is 2.91. The van der Waals surface area contributed by atoms with E-state index in [1.165, 1.54) is 0 Å². The lowest BCUT2D eigenvalue weighted by molar-refractivity contribution is 0.0523. The summed E-state index contributed by atoms with van der Waals surface area (Å²) < 4.78 is 15.8. The molecule has 0 saturated carbocycles. The molecule has 0 spiro atoms. The monoisotopic (exact) mass is 428 g/mol. The number of methoxy groups -OCH3 is 2. The van der Waals surface area contributed by atoms with E-state index >= 15 is 0 Å². The van der Waals surface area contributed by atoms with E-state index in [1.807, 2.05) is 51.1 Å². The molecule has 0 aliphatic rings. The molecule has 2 aromatic carbocycles. The molecule has 1 N–H and O–H groups in total. The van der Waals surface area contributed by atoms with Crippen molar-refractivity contribution in [2.24, 2.45) is 0 Å². The summed E-state index contributed by atoms with van der Waals surface area (Å²) in [6.45, 7) is 6.34. The molecule has 0 aliphatic carbocycles. The van der Waals surface area contributed by atoms with Crippen molar-refractivity contribution in [1.82, 2.24) is 10.2 Å². The highest BCUT2D eigenvalue weighted by Gasteiger charge is 2.16. The molecule has 168 valence electrons. The average molecular weight is 429 g/mol. The highest BCUT2D eigenvalue weighted by molar-refractivity contribution is 5.94. The normalized spacial score (nSPS) is 10.9. The van der Waals surface area contributed by atoms with Crippen LogP contribution in [-0.2, 0) is 17.7 Å². The van der Waals surface area contributed by atoms with Crippen molar-refractivity contribution < 1.29 is 23.8 Å². The predicted molar refractivity (Wildman–Crippen MR) is 120 cm³/mol. The van der Waals surface area contributed by atoms with E-state index in [2.05, 4.69) is 5.32 Å². The molecular formula is C24H32N2O5. The van der Waals surface area contributed by atoms with Gasteiger partial charge in [0, 0.05) is 25.7 Å². The third-order valence-corrected chi connectivity index (χ3v) is 4.57. The van der Waals surface area contributed by atoms with Gasteiger partial charge in [-0.2, -0.15) is 0 Å². The Morgan fingerprint density at radius 2 is 1.55 bits per heavy atom. The number of ether oxygens (including phenoxy) is 3. The largest absolute Gasteiger partial charge is 0.493 e. The molecule has 0 fully saturated rings. The van der Waals surface area contributed by atoms with Gasteiger partial charge in [0.2, 0.25) is 0 Å². The quantitative estimate of drug-likeness (QED) is 0.687. The third kappa shape index (κ3) is 7.51. The van der Waals surface area contributed by atoms with Crippen LogP contribution in [0.2, 0.25) is 0 Å². The third-order valence-electron chi connectivity index (χ3n) is 4.57. The van der Waals surface area contributed by atoms with E-state index in [0.717, 1.165) is 11.1 Å². The van der Waals surface area contributed by atoms with Crippen molar-refractivity contribution in [2.45, 2.75) is 39.3 Å². The van der Waals surface area contributed by atoms with Crippen molar-refractivity contribution in [2.75, 3.05) is 27.8 Å². The second-order valence-corrected chi connectivity index (χ2v) is 8.22. The number of amides is 2. The fourth-order valence-corrected chi connectivity index (χ4v) is 2.91. The molecule has 0 saturated heterocycles. The summed E-state index contributed by atoms with van der Waals surface area (Å²) in [4.78, 5) is 26.2. The first kappa shape index (κ1) is 24.1. The Bertz CT molecular complexity index is 888. The van der Waals surface area contributed by atoms with Crippen LogP contribution < -0.4 is 14.8 Å². The van der Waals surface area contributed by atoms with Gasteiger partial charge in [-0.15, -0.1) is 0 Å². The second kappa shape index (κ2) is 10.7. The van der Waals surface area contributed by atoms with Gasteiger partial charge in [0.25, 0.3) is 5.91 Å². The van der Waals surface area contributed by atoms with Crippen LogP contribution >= 0.6 is 0 Å². The molecular weight excluding hydrogens is 396 g/mol. The van der Waals surface area contributed by atoms with Crippen LogP contribution in [-0.4, -0.2) is 50.3 Å². The lowest BCUT2D eigenvalue weighted by atomic mass is 10.1. The molecule has 7 nitrogen and oxygen atoms in total.